The average molecular weight is 396 g/mol. The molecule has 0 heterocycles. The van der Waals surface area contributed by atoms with Crippen LogP contribution >= 0.6 is 11.6 Å². The van der Waals surface area contributed by atoms with E-state index < -0.39 is 0 Å². The molecular weight excluding hydrogens is 374 g/mol. The topological polar surface area (TPSA) is 40.0 Å². The third-order valence-electron chi connectivity index (χ3n) is 3.88. The number of para-hydroxylation sites is 1. The molecule has 3 aromatic carbocycles. The molecule has 0 atom stereocenters. The molecule has 144 valence electrons. The summed E-state index contributed by atoms with van der Waals surface area (Å²) in [4.78, 5) is 4.50. The Kier molecular flexibility index (Phi) is 6.93. The molecule has 0 aliphatic rings. The fourth-order valence-corrected chi connectivity index (χ4v) is 2.81. The van der Waals surface area contributed by atoms with Crippen molar-refractivity contribution in [3.63, 3.8) is 0 Å². The van der Waals surface area contributed by atoms with Gasteiger partial charge in [0.1, 0.15) is 11.5 Å². The number of nitrogens with zero attached hydrogens (tertiary/aromatic N) is 1. The number of halogens is 1. The number of rotatable bonds is 8. The minimum Gasteiger partial charge on any atom is -0.493 e. The Labute approximate surface area is 170 Å². The van der Waals surface area contributed by atoms with E-state index >= 15 is 0 Å². The van der Waals surface area contributed by atoms with Gasteiger partial charge in [-0.2, -0.15) is 0 Å². The summed E-state index contributed by atoms with van der Waals surface area (Å²) in [7, 11) is 1.59. The van der Waals surface area contributed by atoms with Crippen LogP contribution in [0.25, 0.3) is 0 Å². The van der Waals surface area contributed by atoms with Crippen LogP contribution in [0.15, 0.2) is 71.7 Å². The van der Waals surface area contributed by atoms with Gasteiger partial charge in [-0.1, -0.05) is 36.7 Å². The standard InChI is InChI=1S/C23H22ClNO3/c1-3-13-27-23-21(24)14-17(15-22(23)26-2)16-25-18-9-11-20(12-10-18)28-19-7-5-4-6-8-19/h4-12,14-16H,3,13H2,1-2H3. The molecule has 0 amide bonds. The van der Waals surface area contributed by atoms with Crippen LogP contribution in [-0.4, -0.2) is 19.9 Å². The molecule has 3 aromatic rings. The lowest BCUT2D eigenvalue weighted by molar-refractivity contribution is 0.294. The first kappa shape index (κ1) is 19.8. The fraction of sp³-hybridized carbons (Fsp3) is 0.174. The highest BCUT2D eigenvalue weighted by atomic mass is 35.5. The lowest BCUT2D eigenvalue weighted by Gasteiger charge is -2.12. The van der Waals surface area contributed by atoms with Crippen molar-refractivity contribution in [1.82, 2.24) is 0 Å². The Hall–Kier alpha value is -2.98. The second kappa shape index (κ2) is 9.81. The van der Waals surface area contributed by atoms with Gasteiger partial charge in [0.2, 0.25) is 0 Å². The predicted molar refractivity (Wildman–Crippen MR) is 114 cm³/mol. The second-order valence-corrected chi connectivity index (χ2v) is 6.46. The summed E-state index contributed by atoms with van der Waals surface area (Å²) < 4.78 is 16.9. The summed E-state index contributed by atoms with van der Waals surface area (Å²) in [6.07, 6.45) is 2.64. The van der Waals surface area contributed by atoms with Gasteiger partial charge in [-0.05, 0) is 60.5 Å². The van der Waals surface area contributed by atoms with Crippen molar-refractivity contribution in [3.05, 3.63) is 77.3 Å². The van der Waals surface area contributed by atoms with Gasteiger partial charge >= 0.3 is 0 Å². The Morgan fingerprint density at radius 1 is 0.964 bits per heavy atom. The SMILES string of the molecule is CCCOc1c(Cl)cc(C=Nc2ccc(Oc3ccccc3)cc2)cc1OC. The molecule has 0 bridgehead atoms. The zero-order valence-corrected chi connectivity index (χ0v) is 16.6. The van der Waals surface area contributed by atoms with Crippen LogP contribution in [-0.2, 0) is 0 Å². The van der Waals surface area contributed by atoms with Crippen molar-refractivity contribution in [1.29, 1.82) is 0 Å². The van der Waals surface area contributed by atoms with Gasteiger partial charge in [-0.25, -0.2) is 0 Å². The molecule has 0 radical (unpaired) electrons. The Bertz CT molecular complexity index is 925. The van der Waals surface area contributed by atoms with Gasteiger partial charge in [0.15, 0.2) is 11.5 Å². The van der Waals surface area contributed by atoms with E-state index in [0.717, 1.165) is 29.2 Å². The summed E-state index contributed by atoms with van der Waals surface area (Å²) >= 11 is 6.35. The lowest BCUT2D eigenvalue weighted by atomic mass is 10.2. The van der Waals surface area contributed by atoms with Crippen molar-refractivity contribution in [3.8, 4) is 23.0 Å². The quantitative estimate of drug-likeness (QED) is 0.399. The number of methoxy groups -OCH3 is 1. The van der Waals surface area contributed by atoms with Crippen LogP contribution in [0.5, 0.6) is 23.0 Å². The van der Waals surface area contributed by atoms with E-state index in [-0.39, 0.29) is 0 Å². The van der Waals surface area contributed by atoms with Gasteiger partial charge in [0.05, 0.1) is 24.4 Å². The fourth-order valence-electron chi connectivity index (χ4n) is 2.53. The van der Waals surface area contributed by atoms with E-state index in [1.54, 1.807) is 13.3 Å². The van der Waals surface area contributed by atoms with Gasteiger partial charge in [-0.3, -0.25) is 4.99 Å². The van der Waals surface area contributed by atoms with Gasteiger partial charge < -0.3 is 14.2 Å². The Morgan fingerprint density at radius 2 is 1.68 bits per heavy atom. The van der Waals surface area contributed by atoms with Crippen LogP contribution in [0.3, 0.4) is 0 Å². The maximum Gasteiger partial charge on any atom is 0.179 e. The first-order valence-corrected chi connectivity index (χ1v) is 9.44. The van der Waals surface area contributed by atoms with Crippen LogP contribution < -0.4 is 14.2 Å². The van der Waals surface area contributed by atoms with Crippen molar-refractivity contribution in [2.45, 2.75) is 13.3 Å². The molecule has 0 spiro atoms. The predicted octanol–water partition coefficient (Wildman–Crippen LogP) is 6.68. The highest BCUT2D eigenvalue weighted by Gasteiger charge is 2.11. The molecule has 0 fully saturated rings. The van der Waals surface area contributed by atoms with E-state index in [0.29, 0.717) is 23.1 Å². The summed E-state index contributed by atoms with van der Waals surface area (Å²) in [5.74, 6) is 2.71. The van der Waals surface area contributed by atoms with E-state index in [9.17, 15) is 0 Å². The summed E-state index contributed by atoms with van der Waals surface area (Å²) in [6, 6.07) is 20.9. The van der Waals surface area contributed by atoms with Crippen LogP contribution in [0.2, 0.25) is 5.02 Å². The summed E-state index contributed by atoms with van der Waals surface area (Å²) in [5, 5.41) is 0.501. The third kappa shape index (κ3) is 5.27. The van der Waals surface area contributed by atoms with Crippen molar-refractivity contribution < 1.29 is 14.2 Å². The van der Waals surface area contributed by atoms with E-state index in [1.807, 2.05) is 73.7 Å². The molecule has 0 aliphatic heterocycles. The summed E-state index contributed by atoms with van der Waals surface area (Å²) in [6.45, 7) is 2.62. The zero-order chi connectivity index (χ0) is 19.8. The number of benzene rings is 3. The van der Waals surface area contributed by atoms with E-state index in [2.05, 4.69) is 4.99 Å². The van der Waals surface area contributed by atoms with Crippen molar-refractivity contribution in [2.24, 2.45) is 4.99 Å². The maximum absolute atomic E-state index is 6.35. The number of hydrogen-bond donors (Lipinski definition) is 0. The van der Waals surface area contributed by atoms with Crippen LogP contribution in [0.4, 0.5) is 5.69 Å². The minimum atomic E-state index is 0.501. The molecule has 0 aromatic heterocycles. The monoisotopic (exact) mass is 395 g/mol. The molecule has 28 heavy (non-hydrogen) atoms. The van der Waals surface area contributed by atoms with Crippen molar-refractivity contribution in [2.75, 3.05) is 13.7 Å². The number of ether oxygens (including phenoxy) is 3. The zero-order valence-electron chi connectivity index (χ0n) is 15.9. The first-order chi connectivity index (χ1) is 13.7. The van der Waals surface area contributed by atoms with E-state index in [1.165, 1.54) is 0 Å². The van der Waals surface area contributed by atoms with Gasteiger partial charge in [-0.15, -0.1) is 0 Å². The van der Waals surface area contributed by atoms with E-state index in [4.69, 9.17) is 25.8 Å². The maximum atomic E-state index is 6.35. The van der Waals surface area contributed by atoms with Crippen LogP contribution in [0, 0.1) is 0 Å². The Morgan fingerprint density at radius 3 is 2.36 bits per heavy atom. The van der Waals surface area contributed by atoms with Gasteiger partial charge in [0.25, 0.3) is 0 Å². The molecule has 0 unspecified atom stereocenters. The number of hydrogen-bond acceptors (Lipinski definition) is 4. The highest BCUT2D eigenvalue weighted by molar-refractivity contribution is 6.32. The number of aliphatic imine (C=N–C) groups is 1. The first-order valence-electron chi connectivity index (χ1n) is 9.07. The largest absolute Gasteiger partial charge is 0.493 e. The van der Waals surface area contributed by atoms with Crippen molar-refractivity contribution >= 4 is 23.5 Å². The molecule has 0 saturated heterocycles. The second-order valence-electron chi connectivity index (χ2n) is 6.05. The molecule has 0 saturated carbocycles. The molecule has 3 rings (SSSR count). The molecule has 0 N–H and O–H groups in total. The Balaban J connectivity index is 1.71. The smallest absolute Gasteiger partial charge is 0.179 e. The third-order valence-corrected chi connectivity index (χ3v) is 4.16. The minimum absolute atomic E-state index is 0.501. The summed E-state index contributed by atoms with van der Waals surface area (Å²) in [5.41, 5.74) is 1.64. The van der Waals surface area contributed by atoms with Gasteiger partial charge in [0, 0.05) is 6.21 Å². The normalized spacial score (nSPS) is 10.8. The lowest BCUT2D eigenvalue weighted by Crippen LogP contribution is -1.99. The molecular formula is C23H22ClNO3. The van der Waals surface area contributed by atoms with Crippen LogP contribution in [0.1, 0.15) is 18.9 Å². The molecule has 4 nitrogen and oxygen atoms in total. The average Bonchev–Trinajstić information content (AvgIpc) is 2.73. The molecule has 5 heteroatoms. The highest BCUT2D eigenvalue weighted by Crippen LogP contribution is 2.36. The molecule has 0 aliphatic carbocycles.